The van der Waals surface area contributed by atoms with Gasteiger partial charge in [-0.25, -0.2) is 0 Å². The summed E-state index contributed by atoms with van der Waals surface area (Å²) in [7, 11) is 4.06. The van der Waals surface area contributed by atoms with Gasteiger partial charge in [-0.2, -0.15) is 0 Å². The molecule has 3 nitrogen and oxygen atoms in total. The number of nitrogens with zero attached hydrogens (tertiary/aromatic N) is 1. The molecule has 0 aromatic heterocycles. The Balaban J connectivity index is 1.83. The van der Waals surface area contributed by atoms with Gasteiger partial charge < -0.3 is 15.1 Å². The predicted molar refractivity (Wildman–Crippen MR) is 118 cm³/mol. The van der Waals surface area contributed by atoms with Gasteiger partial charge in [-0.15, -0.1) is 0 Å². The van der Waals surface area contributed by atoms with Crippen molar-refractivity contribution in [3.63, 3.8) is 0 Å². The van der Waals surface area contributed by atoms with Gasteiger partial charge in [0.15, 0.2) is 0 Å². The molecule has 0 amide bonds. The van der Waals surface area contributed by atoms with Crippen molar-refractivity contribution in [2.24, 2.45) is 5.92 Å². The summed E-state index contributed by atoms with van der Waals surface area (Å²) in [5, 5.41) is 22.8. The number of halogens is 1. The van der Waals surface area contributed by atoms with Crippen molar-refractivity contribution in [1.29, 1.82) is 0 Å². The Bertz CT molecular complexity index is 1020. The van der Waals surface area contributed by atoms with Crippen LogP contribution in [-0.4, -0.2) is 35.8 Å². The van der Waals surface area contributed by atoms with Crippen LogP contribution < -0.4 is 0 Å². The number of benzene rings is 3. The second kappa shape index (κ2) is 7.83. The molecule has 150 valence electrons. The Kier molecular flexibility index (Phi) is 5.39. The first-order valence-corrected chi connectivity index (χ1v) is 10.3. The largest absolute Gasteiger partial charge is 0.508 e. The lowest BCUT2D eigenvalue weighted by molar-refractivity contribution is -0.00649. The van der Waals surface area contributed by atoms with E-state index in [1.165, 1.54) is 0 Å². The maximum Gasteiger partial charge on any atom is 0.119 e. The zero-order chi connectivity index (χ0) is 20.6. The van der Waals surface area contributed by atoms with Crippen molar-refractivity contribution in [3.8, 4) is 16.9 Å². The predicted octanol–water partition coefficient (Wildman–Crippen LogP) is 5.07. The molecule has 29 heavy (non-hydrogen) atoms. The number of phenols is 1. The molecule has 0 aliphatic heterocycles. The molecule has 2 atom stereocenters. The lowest BCUT2D eigenvalue weighted by Crippen LogP contribution is -2.45. The Labute approximate surface area is 177 Å². The third-order valence-electron chi connectivity index (χ3n) is 5.92. The average Bonchev–Trinajstić information content (AvgIpc) is 2.70. The highest BCUT2D eigenvalue weighted by molar-refractivity contribution is 6.30. The van der Waals surface area contributed by atoms with E-state index in [2.05, 4.69) is 17.0 Å². The van der Waals surface area contributed by atoms with Gasteiger partial charge in [0.2, 0.25) is 0 Å². The third kappa shape index (κ3) is 3.78. The Morgan fingerprint density at radius 3 is 2.41 bits per heavy atom. The first-order chi connectivity index (χ1) is 13.9. The summed E-state index contributed by atoms with van der Waals surface area (Å²) in [6.45, 7) is 0.768. The molecule has 4 heteroatoms. The number of hydrogen-bond donors (Lipinski definition) is 2. The van der Waals surface area contributed by atoms with Gasteiger partial charge >= 0.3 is 0 Å². The Morgan fingerprint density at radius 1 is 1.00 bits per heavy atom. The minimum Gasteiger partial charge on any atom is -0.508 e. The molecule has 4 rings (SSSR count). The van der Waals surface area contributed by atoms with E-state index in [4.69, 9.17) is 11.6 Å². The van der Waals surface area contributed by atoms with Crippen molar-refractivity contribution < 1.29 is 10.2 Å². The molecule has 3 aromatic carbocycles. The van der Waals surface area contributed by atoms with Crippen LogP contribution in [0.5, 0.6) is 5.75 Å². The van der Waals surface area contributed by atoms with Crippen LogP contribution in [0.3, 0.4) is 0 Å². The molecule has 2 N–H and O–H groups in total. The molecule has 0 spiro atoms. The summed E-state index contributed by atoms with van der Waals surface area (Å²) >= 11 is 6.03. The van der Waals surface area contributed by atoms with E-state index >= 15 is 0 Å². The van der Waals surface area contributed by atoms with Crippen LogP contribution in [0.25, 0.3) is 11.1 Å². The number of fused-ring (bicyclic) bond motifs is 1. The van der Waals surface area contributed by atoms with Crippen LogP contribution in [0.4, 0.5) is 0 Å². The number of aromatic hydroxyl groups is 1. The van der Waals surface area contributed by atoms with Crippen LogP contribution in [0.2, 0.25) is 5.02 Å². The zero-order valence-corrected chi connectivity index (χ0v) is 17.5. The van der Waals surface area contributed by atoms with Gasteiger partial charge in [0.25, 0.3) is 0 Å². The molecule has 1 aliphatic rings. The summed E-state index contributed by atoms with van der Waals surface area (Å²) < 4.78 is 0. The molecule has 0 unspecified atom stereocenters. The molecule has 0 bridgehead atoms. The van der Waals surface area contributed by atoms with Gasteiger partial charge in [0.05, 0.1) is 0 Å². The van der Waals surface area contributed by atoms with Crippen molar-refractivity contribution in [1.82, 2.24) is 4.90 Å². The van der Waals surface area contributed by atoms with Gasteiger partial charge in [-0.05, 0) is 79.0 Å². The lowest BCUT2D eigenvalue weighted by atomic mass is 9.67. The fourth-order valence-corrected chi connectivity index (χ4v) is 4.68. The van der Waals surface area contributed by atoms with Crippen molar-refractivity contribution >= 4 is 11.6 Å². The fraction of sp³-hybridized carbons (Fsp3) is 0.280. The fourth-order valence-electron chi connectivity index (χ4n) is 4.55. The maximum atomic E-state index is 12.1. The number of aliphatic hydroxyl groups is 1. The van der Waals surface area contributed by atoms with Crippen molar-refractivity contribution in [2.45, 2.75) is 18.4 Å². The Morgan fingerprint density at radius 2 is 1.72 bits per heavy atom. The summed E-state index contributed by atoms with van der Waals surface area (Å²) in [6.07, 6.45) is 1.79. The van der Waals surface area contributed by atoms with E-state index in [1.54, 1.807) is 18.2 Å². The van der Waals surface area contributed by atoms with Gasteiger partial charge in [0, 0.05) is 17.5 Å². The highest BCUT2D eigenvalue weighted by Crippen LogP contribution is 2.46. The first kappa shape index (κ1) is 20.0. The molecule has 0 radical (unpaired) electrons. The Hall–Kier alpha value is -2.33. The normalized spacial score (nSPS) is 21.2. The standard InChI is InChI=1S/C25H26ClNO2/c1-27(2)16-21-10-6-19-14-18(17-7-11-22(26)12-8-17)9-13-24(19)25(21,29)20-4-3-5-23(28)15-20/h3-5,7-9,11-15,21,28-29H,6,10,16H2,1-2H3/t21-,25+/m1/s1. The first-order valence-electron chi connectivity index (χ1n) is 9.94. The van der Waals surface area contributed by atoms with E-state index in [0.717, 1.165) is 52.2 Å². The number of phenolic OH excluding ortho intramolecular Hbond substituents is 1. The molecule has 0 heterocycles. The second-order valence-corrected chi connectivity index (χ2v) is 8.63. The van der Waals surface area contributed by atoms with Crippen molar-refractivity contribution in [3.05, 3.63) is 88.4 Å². The monoisotopic (exact) mass is 407 g/mol. The van der Waals surface area contributed by atoms with Crippen LogP contribution >= 0.6 is 11.6 Å². The number of aryl methyl sites for hydroxylation is 1. The van der Waals surface area contributed by atoms with E-state index in [1.807, 2.05) is 50.5 Å². The van der Waals surface area contributed by atoms with Gasteiger partial charge in [-0.3, -0.25) is 0 Å². The third-order valence-corrected chi connectivity index (χ3v) is 6.17. The minimum absolute atomic E-state index is 0.0354. The number of rotatable bonds is 4. The molecular weight excluding hydrogens is 382 g/mol. The molecule has 0 saturated heterocycles. The van der Waals surface area contributed by atoms with Gasteiger partial charge in [-0.1, -0.05) is 54.1 Å². The molecule has 0 fully saturated rings. The SMILES string of the molecule is CN(C)C[C@H]1CCc2cc(-c3ccc(Cl)cc3)ccc2[C@]1(O)c1cccc(O)c1. The zero-order valence-electron chi connectivity index (χ0n) is 16.8. The van der Waals surface area contributed by atoms with E-state index in [9.17, 15) is 10.2 Å². The highest BCUT2D eigenvalue weighted by Gasteiger charge is 2.44. The number of hydrogen-bond acceptors (Lipinski definition) is 3. The van der Waals surface area contributed by atoms with Crippen LogP contribution in [0, 0.1) is 5.92 Å². The smallest absolute Gasteiger partial charge is 0.119 e. The van der Waals surface area contributed by atoms with E-state index in [0.29, 0.717) is 0 Å². The molecule has 3 aromatic rings. The lowest BCUT2D eigenvalue weighted by Gasteiger charge is -2.43. The topological polar surface area (TPSA) is 43.7 Å². The van der Waals surface area contributed by atoms with E-state index in [-0.39, 0.29) is 11.7 Å². The second-order valence-electron chi connectivity index (χ2n) is 8.19. The molecule has 1 aliphatic carbocycles. The van der Waals surface area contributed by atoms with E-state index < -0.39 is 5.60 Å². The van der Waals surface area contributed by atoms with Crippen LogP contribution in [-0.2, 0) is 12.0 Å². The average molecular weight is 408 g/mol. The quantitative estimate of drug-likeness (QED) is 0.634. The van der Waals surface area contributed by atoms with Crippen LogP contribution in [0.1, 0.15) is 23.1 Å². The summed E-state index contributed by atoms with van der Waals surface area (Å²) in [6, 6.07) is 21.1. The summed E-state index contributed by atoms with van der Waals surface area (Å²) in [5.41, 5.74) is 3.90. The summed E-state index contributed by atoms with van der Waals surface area (Å²) in [4.78, 5) is 2.12. The van der Waals surface area contributed by atoms with Crippen molar-refractivity contribution in [2.75, 3.05) is 20.6 Å². The molecule has 0 saturated carbocycles. The van der Waals surface area contributed by atoms with Gasteiger partial charge in [0.1, 0.15) is 11.4 Å². The highest BCUT2D eigenvalue weighted by atomic mass is 35.5. The summed E-state index contributed by atoms with van der Waals surface area (Å²) in [5.74, 6) is 0.206. The van der Waals surface area contributed by atoms with Crippen LogP contribution in [0.15, 0.2) is 66.7 Å². The minimum atomic E-state index is -1.14. The molecular formula is C25H26ClNO2. The maximum absolute atomic E-state index is 12.1.